The van der Waals surface area contributed by atoms with Gasteiger partial charge in [-0.3, -0.25) is 14.9 Å². The average molecular weight is 295 g/mol. The Bertz CT molecular complexity index is 645. The number of amides is 1. The van der Waals surface area contributed by atoms with E-state index in [2.05, 4.69) is 10.5 Å². The number of carbonyl (C=O) groups excluding carboxylic acids is 1. The maximum absolute atomic E-state index is 11.6. The Kier molecular flexibility index (Phi) is 4.03. The van der Waals surface area contributed by atoms with Crippen molar-refractivity contribution in [3.63, 3.8) is 0 Å². The van der Waals surface area contributed by atoms with Gasteiger partial charge < -0.3 is 0 Å². The van der Waals surface area contributed by atoms with Crippen molar-refractivity contribution >= 4 is 39.8 Å². The SMILES string of the molecule is Cc1ccc(C(=O)N/N=C/c2csc([N+](=O)[O-])c2)s1. The molecular weight excluding hydrogens is 286 g/mol. The Labute approximate surface area is 116 Å². The first-order chi connectivity index (χ1) is 9.06. The molecule has 2 aromatic rings. The van der Waals surface area contributed by atoms with Gasteiger partial charge in [0.05, 0.1) is 16.0 Å². The minimum absolute atomic E-state index is 0.0432. The van der Waals surface area contributed by atoms with Crippen LogP contribution in [-0.2, 0) is 0 Å². The minimum Gasteiger partial charge on any atom is -0.266 e. The van der Waals surface area contributed by atoms with Crippen LogP contribution in [0.2, 0.25) is 0 Å². The predicted molar refractivity (Wildman–Crippen MR) is 75.1 cm³/mol. The van der Waals surface area contributed by atoms with Crippen molar-refractivity contribution < 1.29 is 9.72 Å². The molecule has 1 N–H and O–H groups in total. The third-order valence-corrected chi connectivity index (χ3v) is 4.03. The van der Waals surface area contributed by atoms with E-state index in [1.807, 2.05) is 13.0 Å². The summed E-state index contributed by atoms with van der Waals surface area (Å²) in [6.45, 7) is 1.91. The first-order valence-electron chi connectivity index (χ1n) is 5.19. The first kappa shape index (κ1) is 13.4. The molecule has 0 aliphatic carbocycles. The van der Waals surface area contributed by atoms with Crippen molar-refractivity contribution in [1.29, 1.82) is 0 Å². The van der Waals surface area contributed by atoms with Crippen LogP contribution >= 0.6 is 22.7 Å². The van der Waals surface area contributed by atoms with Gasteiger partial charge in [0.1, 0.15) is 0 Å². The van der Waals surface area contributed by atoms with Gasteiger partial charge in [-0.05, 0) is 19.1 Å². The number of rotatable bonds is 4. The van der Waals surface area contributed by atoms with Crippen molar-refractivity contribution in [3.05, 3.63) is 49.0 Å². The standard InChI is InChI=1S/C11H9N3O3S2/c1-7-2-3-9(19-7)11(15)13-12-5-8-4-10(14(16)17)18-6-8/h2-6H,1H3,(H,13,15)/b12-5+. The van der Waals surface area contributed by atoms with Crippen molar-refractivity contribution in [3.8, 4) is 0 Å². The highest BCUT2D eigenvalue weighted by Gasteiger charge is 2.09. The van der Waals surface area contributed by atoms with Crippen LogP contribution in [0.25, 0.3) is 0 Å². The Morgan fingerprint density at radius 1 is 1.53 bits per heavy atom. The van der Waals surface area contributed by atoms with Gasteiger partial charge in [0.2, 0.25) is 0 Å². The van der Waals surface area contributed by atoms with Gasteiger partial charge in [-0.1, -0.05) is 11.3 Å². The van der Waals surface area contributed by atoms with E-state index in [4.69, 9.17) is 0 Å². The zero-order chi connectivity index (χ0) is 13.8. The van der Waals surface area contributed by atoms with E-state index >= 15 is 0 Å². The lowest BCUT2D eigenvalue weighted by Gasteiger charge is -1.94. The van der Waals surface area contributed by atoms with Crippen LogP contribution in [0.5, 0.6) is 0 Å². The highest BCUT2D eigenvalue weighted by molar-refractivity contribution is 7.14. The summed E-state index contributed by atoms with van der Waals surface area (Å²) in [5.74, 6) is -0.293. The summed E-state index contributed by atoms with van der Waals surface area (Å²) in [6, 6.07) is 4.97. The maximum atomic E-state index is 11.6. The molecule has 0 aliphatic rings. The highest BCUT2D eigenvalue weighted by Crippen LogP contribution is 2.21. The number of carbonyl (C=O) groups is 1. The van der Waals surface area contributed by atoms with E-state index in [1.54, 1.807) is 11.4 Å². The average Bonchev–Trinajstić information content (AvgIpc) is 2.98. The number of thiophene rings is 2. The normalized spacial score (nSPS) is 10.8. The molecule has 98 valence electrons. The maximum Gasteiger partial charge on any atom is 0.324 e. The molecule has 6 nitrogen and oxygen atoms in total. The van der Waals surface area contributed by atoms with Gasteiger partial charge in [-0.25, -0.2) is 5.43 Å². The number of nitrogens with zero attached hydrogens (tertiary/aromatic N) is 2. The number of nitrogens with one attached hydrogen (secondary N) is 1. The number of aryl methyl sites for hydroxylation is 1. The quantitative estimate of drug-likeness (QED) is 0.534. The molecule has 0 atom stereocenters. The van der Waals surface area contributed by atoms with Crippen LogP contribution in [0.4, 0.5) is 5.00 Å². The molecule has 0 aromatic carbocycles. The van der Waals surface area contributed by atoms with Gasteiger partial charge in [-0.15, -0.1) is 11.3 Å². The number of hydrazone groups is 1. The van der Waals surface area contributed by atoms with Crippen molar-refractivity contribution in [2.75, 3.05) is 0 Å². The van der Waals surface area contributed by atoms with Crippen LogP contribution < -0.4 is 5.43 Å². The molecular formula is C11H9N3O3S2. The molecule has 19 heavy (non-hydrogen) atoms. The molecule has 8 heteroatoms. The van der Waals surface area contributed by atoms with Gasteiger partial charge >= 0.3 is 5.00 Å². The Hall–Kier alpha value is -2.06. The van der Waals surface area contributed by atoms with E-state index in [0.717, 1.165) is 16.2 Å². The summed E-state index contributed by atoms with van der Waals surface area (Å²) in [7, 11) is 0. The van der Waals surface area contributed by atoms with E-state index in [1.165, 1.54) is 23.6 Å². The van der Waals surface area contributed by atoms with Crippen molar-refractivity contribution in [2.24, 2.45) is 5.10 Å². The minimum atomic E-state index is -0.463. The van der Waals surface area contributed by atoms with E-state index in [9.17, 15) is 14.9 Å². The van der Waals surface area contributed by atoms with Crippen LogP contribution in [0.3, 0.4) is 0 Å². The van der Waals surface area contributed by atoms with Gasteiger partial charge in [0.15, 0.2) is 0 Å². The fraction of sp³-hybridized carbons (Fsp3) is 0.0909. The second kappa shape index (κ2) is 5.72. The lowest BCUT2D eigenvalue weighted by atomic mass is 10.4. The number of nitro groups is 1. The molecule has 2 rings (SSSR count). The van der Waals surface area contributed by atoms with E-state index in [-0.39, 0.29) is 10.9 Å². The smallest absolute Gasteiger partial charge is 0.266 e. The molecule has 0 radical (unpaired) electrons. The molecule has 0 aliphatic heterocycles. The summed E-state index contributed by atoms with van der Waals surface area (Å²) in [4.78, 5) is 23.3. The Morgan fingerprint density at radius 2 is 2.32 bits per heavy atom. The summed E-state index contributed by atoms with van der Waals surface area (Å²) >= 11 is 2.39. The van der Waals surface area contributed by atoms with Crippen LogP contribution in [0, 0.1) is 17.0 Å². The largest absolute Gasteiger partial charge is 0.324 e. The highest BCUT2D eigenvalue weighted by atomic mass is 32.1. The Balaban J connectivity index is 1.96. The molecule has 0 saturated heterocycles. The van der Waals surface area contributed by atoms with Crippen molar-refractivity contribution in [2.45, 2.75) is 6.92 Å². The fourth-order valence-corrected chi connectivity index (χ4v) is 2.71. The van der Waals surface area contributed by atoms with Crippen LogP contribution in [-0.4, -0.2) is 17.0 Å². The zero-order valence-corrected chi connectivity index (χ0v) is 11.5. The summed E-state index contributed by atoms with van der Waals surface area (Å²) in [6.07, 6.45) is 1.38. The van der Waals surface area contributed by atoms with E-state index in [0.29, 0.717) is 10.4 Å². The molecule has 0 bridgehead atoms. The molecule has 1 amide bonds. The number of hydrogen-bond acceptors (Lipinski definition) is 6. The third kappa shape index (κ3) is 3.46. The lowest BCUT2D eigenvalue weighted by Crippen LogP contribution is -2.15. The topological polar surface area (TPSA) is 84.6 Å². The molecule has 2 heterocycles. The van der Waals surface area contributed by atoms with Gasteiger partial charge in [-0.2, -0.15) is 5.10 Å². The zero-order valence-electron chi connectivity index (χ0n) is 9.82. The van der Waals surface area contributed by atoms with Gasteiger partial charge in [0.25, 0.3) is 5.91 Å². The fourth-order valence-electron chi connectivity index (χ4n) is 1.28. The summed E-state index contributed by atoms with van der Waals surface area (Å²) in [5.41, 5.74) is 2.96. The molecule has 0 spiro atoms. The lowest BCUT2D eigenvalue weighted by molar-refractivity contribution is -0.380. The van der Waals surface area contributed by atoms with Crippen LogP contribution in [0.1, 0.15) is 20.1 Å². The predicted octanol–water partition coefficient (Wildman–Crippen LogP) is 2.79. The van der Waals surface area contributed by atoms with E-state index < -0.39 is 4.92 Å². The van der Waals surface area contributed by atoms with Crippen molar-refractivity contribution in [1.82, 2.24) is 5.43 Å². The number of hydrogen-bond donors (Lipinski definition) is 1. The summed E-state index contributed by atoms with van der Waals surface area (Å²) < 4.78 is 0. The monoisotopic (exact) mass is 295 g/mol. The first-order valence-corrected chi connectivity index (χ1v) is 6.88. The third-order valence-electron chi connectivity index (χ3n) is 2.13. The second-order valence-corrected chi connectivity index (χ2v) is 5.76. The second-order valence-electron chi connectivity index (χ2n) is 3.58. The molecule has 2 aromatic heterocycles. The van der Waals surface area contributed by atoms with Gasteiger partial charge in [0, 0.05) is 21.9 Å². The summed E-state index contributed by atoms with van der Waals surface area (Å²) in [5, 5.41) is 15.9. The van der Waals surface area contributed by atoms with Crippen LogP contribution in [0.15, 0.2) is 28.7 Å². The molecule has 0 unspecified atom stereocenters. The Morgan fingerprint density at radius 3 is 2.89 bits per heavy atom. The molecule has 0 fully saturated rings. The molecule has 0 saturated carbocycles.